The molecule has 2 aliphatic heterocycles. The number of nitrogens with zero attached hydrogens (tertiary/aromatic N) is 2. The van der Waals surface area contributed by atoms with E-state index < -0.39 is 5.92 Å². The van der Waals surface area contributed by atoms with Gasteiger partial charge in [-0.2, -0.15) is 0 Å². The average Bonchev–Trinajstić information content (AvgIpc) is 3.15. The summed E-state index contributed by atoms with van der Waals surface area (Å²) in [7, 11) is 0. The third-order valence-electron chi connectivity index (χ3n) is 5.76. The van der Waals surface area contributed by atoms with Crippen molar-refractivity contribution in [3.05, 3.63) is 65.5 Å². The van der Waals surface area contributed by atoms with Crippen LogP contribution in [0.25, 0.3) is 0 Å². The lowest BCUT2D eigenvalue weighted by Crippen LogP contribution is -2.39. The second kappa shape index (κ2) is 8.65. The molecule has 30 heavy (non-hydrogen) atoms. The van der Waals surface area contributed by atoms with Gasteiger partial charge < -0.3 is 15.1 Å². The predicted molar refractivity (Wildman–Crippen MR) is 110 cm³/mol. The Balaban J connectivity index is 1.25. The van der Waals surface area contributed by atoms with E-state index in [0.717, 1.165) is 6.42 Å². The molecule has 3 amide bonds. The van der Waals surface area contributed by atoms with Gasteiger partial charge in [0.05, 0.1) is 5.92 Å². The van der Waals surface area contributed by atoms with Gasteiger partial charge in [0, 0.05) is 44.7 Å². The topological polar surface area (TPSA) is 69.7 Å². The molecule has 2 aromatic rings. The number of benzene rings is 2. The first-order valence-corrected chi connectivity index (χ1v) is 10.2. The zero-order valence-corrected chi connectivity index (χ0v) is 16.6. The van der Waals surface area contributed by atoms with Crippen LogP contribution in [0.15, 0.2) is 48.5 Å². The number of rotatable bonds is 5. The molecule has 7 heteroatoms. The molecule has 2 heterocycles. The summed E-state index contributed by atoms with van der Waals surface area (Å²) in [6.45, 7) is 1.80. The first-order chi connectivity index (χ1) is 14.5. The highest BCUT2D eigenvalue weighted by Crippen LogP contribution is 2.25. The Morgan fingerprint density at radius 2 is 1.80 bits per heavy atom. The van der Waals surface area contributed by atoms with Gasteiger partial charge in [0.2, 0.25) is 17.7 Å². The molecule has 2 aliphatic rings. The molecule has 0 saturated carbocycles. The van der Waals surface area contributed by atoms with Crippen molar-refractivity contribution in [2.24, 2.45) is 5.92 Å². The van der Waals surface area contributed by atoms with E-state index in [1.165, 1.54) is 40.3 Å². The summed E-state index contributed by atoms with van der Waals surface area (Å²) in [5.74, 6) is -1.23. The summed E-state index contributed by atoms with van der Waals surface area (Å²) >= 11 is 0. The predicted octanol–water partition coefficient (Wildman–Crippen LogP) is 2.27. The summed E-state index contributed by atoms with van der Waals surface area (Å²) in [6, 6.07) is 13.8. The van der Waals surface area contributed by atoms with Gasteiger partial charge in [-0.25, -0.2) is 4.39 Å². The van der Waals surface area contributed by atoms with E-state index in [9.17, 15) is 18.8 Å². The molecule has 156 valence electrons. The third-order valence-corrected chi connectivity index (χ3v) is 5.76. The smallest absolute Gasteiger partial charge is 0.227 e. The minimum Gasteiger partial charge on any atom is -0.355 e. The second-order valence-corrected chi connectivity index (χ2v) is 7.76. The number of nitrogens with one attached hydrogen (secondary N) is 1. The first kappa shape index (κ1) is 20.1. The van der Waals surface area contributed by atoms with E-state index >= 15 is 0 Å². The van der Waals surface area contributed by atoms with Crippen LogP contribution in [-0.2, 0) is 27.3 Å². The van der Waals surface area contributed by atoms with Gasteiger partial charge in [0.15, 0.2) is 0 Å². The van der Waals surface area contributed by atoms with E-state index in [1.807, 2.05) is 23.1 Å². The molecule has 2 aromatic carbocycles. The number of hydrogen-bond donors (Lipinski definition) is 1. The van der Waals surface area contributed by atoms with Gasteiger partial charge >= 0.3 is 0 Å². The van der Waals surface area contributed by atoms with Crippen LogP contribution in [0.2, 0.25) is 0 Å². The van der Waals surface area contributed by atoms with Gasteiger partial charge in [0.25, 0.3) is 0 Å². The lowest BCUT2D eigenvalue weighted by Gasteiger charge is -2.29. The number of anilines is 1. The van der Waals surface area contributed by atoms with Crippen LogP contribution >= 0.6 is 0 Å². The van der Waals surface area contributed by atoms with E-state index in [2.05, 4.69) is 11.4 Å². The van der Waals surface area contributed by atoms with Crippen molar-refractivity contribution in [2.75, 3.05) is 24.5 Å². The number of carbonyl (C=O) groups excluding carboxylic acids is 3. The summed E-state index contributed by atoms with van der Waals surface area (Å²) in [5, 5.41) is 2.79. The molecule has 1 N–H and O–H groups in total. The van der Waals surface area contributed by atoms with Crippen LogP contribution < -0.4 is 10.2 Å². The maximum Gasteiger partial charge on any atom is 0.227 e. The van der Waals surface area contributed by atoms with E-state index in [4.69, 9.17) is 0 Å². The van der Waals surface area contributed by atoms with Gasteiger partial charge in [0.1, 0.15) is 5.82 Å². The van der Waals surface area contributed by atoms with Gasteiger partial charge in [-0.3, -0.25) is 14.4 Å². The molecule has 0 radical (unpaired) electrons. The molecule has 1 atom stereocenters. The van der Waals surface area contributed by atoms with E-state index in [1.54, 1.807) is 0 Å². The minimum absolute atomic E-state index is 0.0141. The lowest BCUT2D eigenvalue weighted by atomic mass is 10.00. The largest absolute Gasteiger partial charge is 0.355 e. The van der Waals surface area contributed by atoms with Crippen LogP contribution in [0.3, 0.4) is 0 Å². The van der Waals surface area contributed by atoms with Crippen molar-refractivity contribution in [1.82, 2.24) is 10.2 Å². The van der Waals surface area contributed by atoms with Crippen molar-refractivity contribution in [3.63, 3.8) is 0 Å². The van der Waals surface area contributed by atoms with Gasteiger partial charge in [-0.15, -0.1) is 0 Å². The first-order valence-electron chi connectivity index (χ1n) is 10.2. The fourth-order valence-corrected chi connectivity index (χ4v) is 4.06. The molecular formula is C23H24FN3O3. The van der Waals surface area contributed by atoms with Crippen LogP contribution in [0, 0.1) is 11.7 Å². The van der Waals surface area contributed by atoms with E-state index in [0.29, 0.717) is 18.8 Å². The summed E-state index contributed by atoms with van der Waals surface area (Å²) < 4.78 is 13.1. The molecule has 0 unspecified atom stereocenters. The summed E-state index contributed by atoms with van der Waals surface area (Å²) in [4.78, 5) is 40.6. The van der Waals surface area contributed by atoms with Crippen LogP contribution in [0.1, 0.15) is 24.0 Å². The molecule has 0 spiro atoms. The maximum atomic E-state index is 13.1. The van der Waals surface area contributed by atoms with Crippen LogP contribution in [0.5, 0.6) is 0 Å². The zero-order valence-electron chi connectivity index (χ0n) is 16.6. The Morgan fingerprint density at radius 3 is 2.57 bits per heavy atom. The number of hydrogen-bond acceptors (Lipinski definition) is 3. The number of carbonyl (C=O) groups is 3. The SMILES string of the molecule is O=C(NCCC(=O)N1CCc2ccccc2C1)[C@H]1CC(=O)N(c2ccc(F)cc2)C1. The fraction of sp³-hybridized carbons (Fsp3) is 0.348. The molecule has 4 rings (SSSR count). The number of halogens is 1. The Labute approximate surface area is 174 Å². The Hall–Kier alpha value is -3.22. The normalized spacial score (nSPS) is 18.3. The van der Waals surface area contributed by atoms with Crippen LogP contribution in [-0.4, -0.2) is 42.3 Å². The van der Waals surface area contributed by atoms with Crippen molar-refractivity contribution < 1.29 is 18.8 Å². The van der Waals surface area contributed by atoms with E-state index in [-0.39, 0.29) is 49.5 Å². The Bertz CT molecular complexity index is 960. The Kier molecular flexibility index (Phi) is 5.79. The zero-order chi connectivity index (χ0) is 21.1. The number of amides is 3. The molecular weight excluding hydrogens is 385 g/mol. The average molecular weight is 409 g/mol. The second-order valence-electron chi connectivity index (χ2n) is 7.76. The maximum absolute atomic E-state index is 13.1. The monoisotopic (exact) mass is 409 g/mol. The third kappa shape index (κ3) is 4.35. The summed E-state index contributed by atoms with van der Waals surface area (Å²) in [5.41, 5.74) is 3.04. The highest BCUT2D eigenvalue weighted by molar-refractivity contribution is 6.00. The summed E-state index contributed by atoms with van der Waals surface area (Å²) in [6.07, 6.45) is 1.19. The standard InChI is InChI=1S/C23H24FN3O3/c24-19-5-7-20(8-6-19)27-15-18(13-22(27)29)23(30)25-11-9-21(28)26-12-10-16-3-1-2-4-17(16)14-26/h1-8,18H,9-15H2,(H,25,30)/t18-/m0/s1. The quantitative estimate of drug-likeness (QED) is 0.824. The van der Waals surface area contributed by atoms with Gasteiger partial charge in [-0.1, -0.05) is 24.3 Å². The van der Waals surface area contributed by atoms with Crippen molar-refractivity contribution in [3.8, 4) is 0 Å². The molecule has 6 nitrogen and oxygen atoms in total. The molecule has 0 bridgehead atoms. The molecule has 0 aliphatic carbocycles. The number of fused-ring (bicyclic) bond motifs is 1. The van der Waals surface area contributed by atoms with Crippen molar-refractivity contribution >= 4 is 23.4 Å². The van der Waals surface area contributed by atoms with Gasteiger partial charge in [-0.05, 0) is 41.8 Å². The molecule has 0 aromatic heterocycles. The van der Waals surface area contributed by atoms with Crippen LogP contribution in [0.4, 0.5) is 10.1 Å². The van der Waals surface area contributed by atoms with Crippen molar-refractivity contribution in [1.29, 1.82) is 0 Å². The highest BCUT2D eigenvalue weighted by Gasteiger charge is 2.35. The lowest BCUT2D eigenvalue weighted by molar-refractivity contribution is -0.132. The molecule has 1 saturated heterocycles. The molecule has 1 fully saturated rings. The highest BCUT2D eigenvalue weighted by atomic mass is 19.1. The fourth-order valence-electron chi connectivity index (χ4n) is 4.06. The van der Waals surface area contributed by atoms with Crippen molar-refractivity contribution in [2.45, 2.75) is 25.8 Å². The minimum atomic E-state index is -0.473. The Morgan fingerprint density at radius 1 is 1.07 bits per heavy atom.